The van der Waals surface area contributed by atoms with Gasteiger partial charge in [-0.25, -0.2) is 19.3 Å². The Kier molecular flexibility index (Phi) is 17.1. The Morgan fingerprint density at radius 2 is 1.12 bits per heavy atom. The Morgan fingerprint density at radius 3 is 1.70 bits per heavy atom. The quantitative estimate of drug-likeness (QED) is 0.0127. The van der Waals surface area contributed by atoms with Gasteiger partial charge in [-0.15, -0.1) is 0 Å². The summed E-state index contributed by atoms with van der Waals surface area (Å²) in [5, 5.41) is 20.1. The fourth-order valence-electron chi connectivity index (χ4n) is 5.75. The highest BCUT2D eigenvalue weighted by Crippen LogP contribution is 2.31. The molecule has 0 aliphatic heterocycles. The third-order valence-electron chi connectivity index (χ3n) is 8.86. The minimum Gasteiger partial charge on any atom is -0.494 e. The molecule has 5 aromatic rings. The van der Waals surface area contributed by atoms with E-state index in [0.29, 0.717) is 74.3 Å². The molecule has 5 rings (SSSR count). The monoisotopic (exact) mass is 814 g/mol. The first-order valence-corrected chi connectivity index (χ1v) is 19.1. The molecule has 0 saturated heterocycles. The summed E-state index contributed by atoms with van der Waals surface area (Å²) in [5.74, 6) is 0.664. The van der Waals surface area contributed by atoms with Crippen molar-refractivity contribution in [1.82, 2.24) is 0 Å². The lowest BCUT2D eigenvalue weighted by Gasteiger charge is -2.16. The zero-order valence-corrected chi connectivity index (χ0v) is 33.2. The van der Waals surface area contributed by atoms with E-state index in [1.165, 1.54) is 13.3 Å². The minimum absolute atomic E-state index is 0.214. The van der Waals surface area contributed by atoms with E-state index < -0.39 is 24.0 Å². The van der Waals surface area contributed by atoms with Crippen LogP contribution in [0.25, 0.3) is 10.8 Å². The number of benzene rings is 5. The molecular weight excluding hydrogens is 769 g/mol. The van der Waals surface area contributed by atoms with Crippen LogP contribution in [0, 0.1) is 0 Å². The number of esters is 3. The van der Waals surface area contributed by atoms with Gasteiger partial charge in [-0.3, -0.25) is 5.26 Å². The minimum atomic E-state index is -0.711. The van der Waals surface area contributed by atoms with E-state index in [-0.39, 0.29) is 5.56 Å². The molecule has 0 aliphatic rings. The molecule has 0 heterocycles. The fraction of sp³-hybridized carbons (Fsp3) is 0.213. The third-order valence-corrected chi connectivity index (χ3v) is 8.86. The highest BCUT2D eigenvalue weighted by Gasteiger charge is 2.17. The number of ether oxygens (including phenoxy) is 6. The van der Waals surface area contributed by atoms with Crippen LogP contribution in [-0.2, 0) is 28.7 Å². The smallest absolute Gasteiger partial charge is 0.341 e. The Bertz CT molecular complexity index is 2290. The van der Waals surface area contributed by atoms with Gasteiger partial charge in [0.2, 0.25) is 0 Å². The largest absolute Gasteiger partial charge is 0.494 e. The van der Waals surface area contributed by atoms with Crippen molar-refractivity contribution in [2.75, 3.05) is 33.5 Å². The first kappa shape index (κ1) is 44.0. The van der Waals surface area contributed by atoms with E-state index in [4.69, 9.17) is 33.3 Å². The highest BCUT2D eigenvalue weighted by atomic mass is 17.1. The summed E-state index contributed by atoms with van der Waals surface area (Å²) in [6.45, 7) is 8.28. The van der Waals surface area contributed by atoms with E-state index in [1.807, 2.05) is 60.7 Å². The molecule has 310 valence electrons. The maximum atomic E-state index is 12.7. The second kappa shape index (κ2) is 23.3. The van der Waals surface area contributed by atoms with Crippen LogP contribution in [0.3, 0.4) is 0 Å². The molecule has 0 aliphatic carbocycles. The van der Waals surface area contributed by atoms with Crippen LogP contribution in [0.4, 0.5) is 0 Å². The zero-order valence-electron chi connectivity index (χ0n) is 33.2. The van der Waals surface area contributed by atoms with Gasteiger partial charge in [0, 0.05) is 12.2 Å². The summed E-state index contributed by atoms with van der Waals surface area (Å²) >= 11 is 0. The Hall–Kier alpha value is -7.09. The van der Waals surface area contributed by atoms with Crippen LogP contribution < -0.4 is 14.2 Å². The molecule has 1 atom stereocenters. The Labute approximate surface area is 348 Å². The molecule has 13 nitrogen and oxygen atoms in total. The van der Waals surface area contributed by atoms with Gasteiger partial charge < -0.3 is 28.4 Å². The van der Waals surface area contributed by atoms with Gasteiger partial charge in [0.25, 0.3) is 0 Å². The molecule has 1 unspecified atom stereocenters. The maximum absolute atomic E-state index is 12.7. The van der Waals surface area contributed by atoms with Crippen molar-refractivity contribution in [3.05, 3.63) is 156 Å². The van der Waals surface area contributed by atoms with Gasteiger partial charge in [-0.05, 0) is 125 Å². The number of rotatable bonds is 23. The molecule has 0 bridgehead atoms. The maximum Gasteiger partial charge on any atom is 0.341 e. The second-order valence-corrected chi connectivity index (χ2v) is 13.1. The summed E-state index contributed by atoms with van der Waals surface area (Å²) in [5.41, 5.74) is 3.15. The van der Waals surface area contributed by atoms with E-state index in [0.717, 1.165) is 46.0 Å². The van der Waals surface area contributed by atoms with Gasteiger partial charge in [0.1, 0.15) is 34.7 Å². The van der Waals surface area contributed by atoms with Crippen LogP contribution in [0.15, 0.2) is 139 Å². The molecule has 1 N–H and O–H groups in total. The summed E-state index contributed by atoms with van der Waals surface area (Å²) in [6, 6.07) is 30.9. The summed E-state index contributed by atoms with van der Waals surface area (Å²) in [7, 11) is 1.30. The van der Waals surface area contributed by atoms with Crippen LogP contribution in [-0.4, -0.2) is 69.1 Å². The lowest BCUT2D eigenvalue weighted by atomic mass is 9.97. The molecule has 0 aromatic heterocycles. The molecular formula is C47H46N2O11. The molecule has 13 heteroatoms. The average molecular weight is 815 g/mol. The standard InChI is InChI=1S/C47H46N2O11/c1-4-44(50)57-26-8-6-24-55-39-17-15-35(16-18-39)46(60-53)38-14-13-36-28-33(10-12-37(36)30-38)31-48-49-32-34-11-23-43(42(29-34)47(52)54-3)59-41-21-19-40(20-22-41)56-25-7-9-27-58-45(51)5-2/h4-5,10-23,28-32,46,53H,1-2,6-9,24-27H2,3H3/b48-31-,49-32-. The highest BCUT2D eigenvalue weighted by molar-refractivity contribution is 5.95. The molecule has 0 amide bonds. The van der Waals surface area contributed by atoms with Gasteiger partial charge in [0.15, 0.2) is 0 Å². The van der Waals surface area contributed by atoms with Gasteiger partial charge >= 0.3 is 17.9 Å². The number of hydrogen-bond acceptors (Lipinski definition) is 13. The van der Waals surface area contributed by atoms with E-state index in [2.05, 4.69) is 23.4 Å². The van der Waals surface area contributed by atoms with Gasteiger partial charge in [-0.2, -0.15) is 10.2 Å². The zero-order chi connectivity index (χ0) is 42.5. The second-order valence-electron chi connectivity index (χ2n) is 13.1. The Balaban J connectivity index is 1.14. The van der Waals surface area contributed by atoms with Crippen molar-refractivity contribution in [1.29, 1.82) is 0 Å². The van der Waals surface area contributed by atoms with E-state index in [1.54, 1.807) is 48.7 Å². The molecule has 0 radical (unpaired) electrons. The first-order chi connectivity index (χ1) is 29.3. The molecule has 0 fully saturated rings. The number of carbonyl (C=O) groups excluding carboxylic acids is 3. The van der Waals surface area contributed by atoms with Crippen molar-refractivity contribution in [3.63, 3.8) is 0 Å². The molecule has 60 heavy (non-hydrogen) atoms. The van der Waals surface area contributed by atoms with Crippen molar-refractivity contribution in [3.8, 4) is 23.0 Å². The summed E-state index contributed by atoms with van der Waals surface area (Å²) in [6.07, 6.45) is 7.47. The number of fused-ring (bicyclic) bond motifs is 1. The van der Waals surface area contributed by atoms with Crippen molar-refractivity contribution in [2.45, 2.75) is 31.8 Å². The SMILES string of the molecule is C=CC(=O)OCCCCOc1ccc(Oc2ccc(/C=N\N=C/c3ccc4cc(C(OO)c5ccc(OCCCCOC(=O)C=C)cc5)ccc4c3)cc2C(=O)OC)cc1. The lowest BCUT2D eigenvalue weighted by molar-refractivity contribution is -0.270. The normalized spacial score (nSPS) is 11.6. The first-order valence-electron chi connectivity index (χ1n) is 19.1. The number of unbranched alkanes of at least 4 members (excludes halogenated alkanes) is 2. The average Bonchev–Trinajstić information content (AvgIpc) is 3.28. The summed E-state index contributed by atoms with van der Waals surface area (Å²) in [4.78, 5) is 39.8. The van der Waals surface area contributed by atoms with Crippen molar-refractivity contribution < 1.29 is 52.9 Å². The lowest BCUT2D eigenvalue weighted by Crippen LogP contribution is -2.05. The van der Waals surface area contributed by atoms with Crippen LogP contribution in [0.2, 0.25) is 0 Å². The number of nitrogens with zero attached hydrogens (tertiary/aromatic N) is 2. The van der Waals surface area contributed by atoms with Gasteiger partial charge in [0.05, 0.1) is 46.0 Å². The number of methoxy groups -OCH3 is 1. The molecule has 5 aromatic carbocycles. The fourth-order valence-corrected chi connectivity index (χ4v) is 5.75. The topological polar surface area (TPSA) is 161 Å². The van der Waals surface area contributed by atoms with Crippen LogP contribution >= 0.6 is 0 Å². The number of hydrogen-bond donors (Lipinski definition) is 1. The third kappa shape index (κ3) is 13.5. The van der Waals surface area contributed by atoms with E-state index in [9.17, 15) is 19.6 Å². The van der Waals surface area contributed by atoms with Gasteiger partial charge in [-0.1, -0.05) is 49.6 Å². The predicted octanol–water partition coefficient (Wildman–Crippen LogP) is 9.23. The predicted molar refractivity (Wildman–Crippen MR) is 227 cm³/mol. The van der Waals surface area contributed by atoms with Crippen LogP contribution in [0.5, 0.6) is 23.0 Å². The van der Waals surface area contributed by atoms with Crippen molar-refractivity contribution in [2.24, 2.45) is 10.2 Å². The van der Waals surface area contributed by atoms with Crippen LogP contribution in [0.1, 0.15) is 64.4 Å². The summed E-state index contributed by atoms with van der Waals surface area (Å²) < 4.78 is 32.5. The van der Waals surface area contributed by atoms with Crippen molar-refractivity contribution >= 4 is 41.1 Å². The molecule has 0 saturated carbocycles. The molecule has 0 spiro atoms. The number of carbonyl (C=O) groups is 3. The Morgan fingerprint density at radius 1 is 0.617 bits per heavy atom. The van der Waals surface area contributed by atoms with E-state index >= 15 is 0 Å².